The van der Waals surface area contributed by atoms with Gasteiger partial charge in [0.2, 0.25) is 0 Å². The molecule has 0 saturated heterocycles. The second-order valence-electron chi connectivity index (χ2n) is 9.37. The summed E-state index contributed by atoms with van der Waals surface area (Å²) in [7, 11) is 0. The highest BCUT2D eigenvalue weighted by molar-refractivity contribution is 5.96. The van der Waals surface area contributed by atoms with Crippen molar-refractivity contribution in [3.05, 3.63) is 70.8 Å². The summed E-state index contributed by atoms with van der Waals surface area (Å²) in [5, 5.41) is 3.04. The fourth-order valence-electron chi connectivity index (χ4n) is 4.69. The third kappa shape index (κ3) is 6.85. The summed E-state index contributed by atoms with van der Waals surface area (Å²) in [5.41, 5.74) is 4.02. The van der Waals surface area contributed by atoms with E-state index >= 15 is 0 Å². The van der Waals surface area contributed by atoms with Gasteiger partial charge in [-0.1, -0.05) is 45.1 Å². The van der Waals surface area contributed by atoms with Crippen molar-refractivity contribution in [2.45, 2.75) is 78.7 Å². The van der Waals surface area contributed by atoms with E-state index in [-0.39, 0.29) is 11.7 Å². The second-order valence-corrected chi connectivity index (χ2v) is 9.37. The molecule has 1 heterocycles. The Kier molecular flexibility index (Phi) is 9.55. The molecule has 0 fully saturated rings. The van der Waals surface area contributed by atoms with E-state index in [1.54, 1.807) is 0 Å². The summed E-state index contributed by atoms with van der Waals surface area (Å²) in [4.78, 5) is 27.6. The number of carbonyl (C=O) groups is 2. The standard InChI is InChI=1S/C29H40N2O3/c1-5-18-31(26-13-8-7-11-21(26)3)19-10-9-12-23-15-16-24(27(32)6-2)20-25(23)30-29(33)28-17-14-22(4)34-28/h7-9,12-14,20-21,28H,5-6,10-11,15-19H2,1-4H3,(H,30,33). The van der Waals surface area contributed by atoms with Gasteiger partial charge in [-0.3, -0.25) is 9.59 Å². The Hall–Kier alpha value is -2.82. The number of rotatable bonds is 11. The molecule has 1 aliphatic heterocycles. The van der Waals surface area contributed by atoms with Crippen LogP contribution in [0.1, 0.15) is 72.6 Å². The van der Waals surface area contributed by atoms with Crippen LogP contribution in [0.15, 0.2) is 70.8 Å². The highest BCUT2D eigenvalue weighted by atomic mass is 16.5. The highest BCUT2D eigenvalue weighted by Crippen LogP contribution is 2.27. The summed E-state index contributed by atoms with van der Waals surface area (Å²) in [6.07, 6.45) is 20.0. The van der Waals surface area contributed by atoms with E-state index in [4.69, 9.17) is 4.74 Å². The van der Waals surface area contributed by atoms with Crippen molar-refractivity contribution in [3.8, 4) is 0 Å². The van der Waals surface area contributed by atoms with Gasteiger partial charge >= 0.3 is 0 Å². The Balaban J connectivity index is 1.70. The maximum Gasteiger partial charge on any atom is 0.265 e. The summed E-state index contributed by atoms with van der Waals surface area (Å²) in [6.45, 7) is 10.3. The third-order valence-corrected chi connectivity index (χ3v) is 6.65. The zero-order chi connectivity index (χ0) is 24.5. The van der Waals surface area contributed by atoms with Gasteiger partial charge in [0.05, 0.1) is 5.76 Å². The van der Waals surface area contributed by atoms with Crippen molar-refractivity contribution in [2.24, 2.45) is 5.92 Å². The van der Waals surface area contributed by atoms with Crippen molar-refractivity contribution in [1.29, 1.82) is 0 Å². The maximum atomic E-state index is 12.8. The number of amides is 1. The van der Waals surface area contributed by atoms with Crippen LogP contribution in [0.2, 0.25) is 0 Å². The molecule has 0 aromatic carbocycles. The second kappa shape index (κ2) is 12.6. The fourth-order valence-corrected chi connectivity index (χ4v) is 4.69. The van der Waals surface area contributed by atoms with Crippen molar-refractivity contribution < 1.29 is 14.3 Å². The topological polar surface area (TPSA) is 58.6 Å². The number of hydrogen-bond acceptors (Lipinski definition) is 4. The zero-order valence-corrected chi connectivity index (χ0v) is 21.2. The first-order chi connectivity index (χ1) is 16.4. The minimum absolute atomic E-state index is 0.142. The first-order valence-corrected chi connectivity index (χ1v) is 12.8. The molecule has 0 aromatic heterocycles. The predicted molar refractivity (Wildman–Crippen MR) is 138 cm³/mol. The Bertz CT molecular complexity index is 948. The summed E-state index contributed by atoms with van der Waals surface area (Å²) in [6, 6.07) is 0. The van der Waals surface area contributed by atoms with Gasteiger partial charge in [-0.15, -0.1) is 0 Å². The lowest BCUT2D eigenvalue weighted by atomic mass is 9.92. The molecule has 2 atom stereocenters. The molecule has 1 amide bonds. The lowest BCUT2D eigenvalue weighted by Crippen LogP contribution is -2.34. The molecular formula is C29H40N2O3. The molecule has 2 unspecified atom stereocenters. The van der Waals surface area contributed by atoms with Gasteiger partial charge in [-0.05, 0) is 74.3 Å². The van der Waals surface area contributed by atoms with E-state index < -0.39 is 6.10 Å². The van der Waals surface area contributed by atoms with Crippen LogP contribution >= 0.6 is 0 Å². The fraction of sp³-hybridized carbons (Fsp3) is 0.517. The number of nitrogens with zero attached hydrogens (tertiary/aromatic N) is 1. The van der Waals surface area contributed by atoms with E-state index in [2.05, 4.69) is 54.4 Å². The lowest BCUT2D eigenvalue weighted by molar-refractivity contribution is -0.128. The van der Waals surface area contributed by atoms with Crippen LogP contribution in [-0.4, -0.2) is 35.8 Å². The molecule has 2 aliphatic carbocycles. The third-order valence-electron chi connectivity index (χ3n) is 6.65. The molecule has 0 aromatic rings. The summed E-state index contributed by atoms with van der Waals surface area (Å²) >= 11 is 0. The number of carbonyl (C=O) groups excluding carboxylic acids is 2. The predicted octanol–water partition coefficient (Wildman–Crippen LogP) is 5.89. The van der Waals surface area contributed by atoms with Crippen molar-refractivity contribution in [3.63, 3.8) is 0 Å². The molecule has 0 spiro atoms. The van der Waals surface area contributed by atoms with Crippen LogP contribution in [0.25, 0.3) is 0 Å². The number of Topliss-reactive ketones (excluding diaryl/α,β-unsaturated/α-hetero) is 1. The molecule has 3 aliphatic rings. The molecule has 5 nitrogen and oxygen atoms in total. The molecule has 0 bridgehead atoms. The Morgan fingerprint density at radius 3 is 2.71 bits per heavy atom. The minimum atomic E-state index is -0.499. The molecule has 0 saturated carbocycles. The quantitative estimate of drug-likeness (QED) is 0.414. The van der Waals surface area contributed by atoms with E-state index in [1.165, 1.54) is 5.70 Å². The van der Waals surface area contributed by atoms with Crippen LogP contribution < -0.4 is 5.32 Å². The lowest BCUT2D eigenvalue weighted by Gasteiger charge is -2.31. The average Bonchev–Trinajstić information content (AvgIpc) is 3.28. The van der Waals surface area contributed by atoms with Gasteiger partial charge in [0.15, 0.2) is 11.9 Å². The SMILES string of the molecule is CCCN(CCC=CC1=C(NC(=O)C2CC=C(C)O2)C=C(C(=O)CC)CC1)C1=CC=CCC1C. The van der Waals surface area contributed by atoms with E-state index in [9.17, 15) is 9.59 Å². The van der Waals surface area contributed by atoms with Gasteiger partial charge in [-0.2, -0.15) is 0 Å². The monoisotopic (exact) mass is 464 g/mol. The van der Waals surface area contributed by atoms with E-state index in [0.29, 0.717) is 25.2 Å². The van der Waals surface area contributed by atoms with Crippen molar-refractivity contribution >= 4 is 11.7 Å². The Morgan fingerprint density at radius 2 is 2.03 bits per heavy atom. The average molecular weight is 465 g/mol. The van der Waals surface area contributed by atoms with Crippen LogP contribution in [0.4, 0.5) is 0 Å². The van der Waals surface area contributed by atoms with Gasteiger partial charge in [0.1, 0.15) is 0 Å². The van der Waals surface area contributed by atoms with Gasteiger partial charge in [-0.25, -0.2) is 0 Å². The first kappa shape index (κ1) is 25.8. The number of hydrogen-bond donors (Lipinski definition) is 1. The van der Waals surface area contributed by atoms with Crippen LogP contribution in [0, 0.1) is 5.92 Å². The number of nitrogens with one attached hydrogen (secondary N) is 1. The maximum absolute atomic E-state index is 12.8. The molecule has 0 radical (unpaired) electrons. The number of ketones is 1. The van der Waals surface area contributed by atoms with Crippen molar-refractivity contribution in [2.75, 3.05) is 13.1 Å². The first-order valence-electron chi connectivity index (χ1n) is 12.8. The normalized spacial score (nSPS) is 22.3. The molecule has 5 heteroatoms. The smallest absolute Gasteiger partial charge is 0.265 e. The molecule has 184 valence electrons. The highest BCUT2D eigenvalue weighted by Gasteiger charge is 2.26. The Morgan fingerprint density at radius 1 is 1.21 bits per heavy atom. The van der Waals surface area contributed by atoms with Crippen LogP contribution in [0.3, 0.4) is 0 Å². The summed E-state index contributed by atoms with van der Waals surface area (Å²) < 4.78 is 5.61. The van der Waals surface area contributed by atoms with Gasteiger partial charge in [0.25, 0.3) is 5.91 Å². The zero-order valence-electron chi connectivity index (χ0n) is 21.2. The molecule has 1 N–H and O–H groups in total. The minimum Gasteiger partial charge on any atom is -0.485 e. The molecule has 34 heavy (non-hydrogen) atoms. The molecular weight excluding hydrogens is 424 g/mol. The largest absolute Gasteiger partial charge is 0.485 e. The van der Waals surface area contributed by atoms with E-state index in [0.717, 1.165) is 61.4 Å². The number of allylic oxidation sites excluding steroid dienone is 9. The van der Waals surface area contributed by atoms with Gasteiger partial charge in [0, 0.05) is 37.3 Å². The number of ether oxygens (including phenoxy) is 1. The molecule has 3 rings (SSSR count). The van der Waals surface area contributed by atoms with E-state index in [1.807, 2.05) is 26.0 Å². The van der Waals surface area contributed by atoms with Gasteiger partial charge < -0.3 is 15.0 Å². The summed E-state index contributed by atoms with van der Waals surface area (Å²) in [5.74, 6) is 1.32. The van der Waals surface area contributed by atoms with Crippen LogP contribution in [-0.2, 0) is 14.3 Å². The Labute approximate surface area is 205 Å². The van der Waals surface area contributed by atoms with Crippen molar-refractivity contribution in [1.82, 2.24) is 10.2 Å². The van der Waals surface area contributed by atoms with Crippen LogP contribution in [0.5, 0.6) is 0 Å².